The Bertz CT molecular complexity index is 394. The summed E-state index contributed by atoms with van der Waals surface area (Å²) in [5, 5.41) is 4.30. The van der Waals surface area contributed by atoms with E-state index in [-0.39, 0.29) is 0 Å². The summed E-state index contributed by atoms with van der Waals surface area (Å²) in [6, 6.07) is 6.92. The van der Waals surface area contributed by atoms with Gasteiger partial charge in [0, 0.05) is 22.6 Å². The van der Waals surface area contributed by atoms with Gasteiger partial charge < -0.3 is 10.1 Å². The van der Waals surface area contributed by atoms with E-state index in [1.807, 2.05) is 18.7 Å². The molecule has 1 N–H and O–H groups in total. The second-order valence-corrected chi connectivity index (χ2v) is 6.07. The maximum atomic E-state index is 5.75. The third-order valence-corrected chi connectivity index (χ3v) is 4.63. The molecular weight excluding hydrogens is 242 g/mol. The molecule has 3 heteroatoms. The fourth-order valence-electron chi connectivity index (χ4n) is 2.46. The van der Waals surface area contributed by atoms with Crippen LogP contribution in [0.25, 0.3) is 0 Å². The first-order valence-electron chi connectivity index (χ1n) is 6.87. The lowest BCUT2D eigenvalue weighted by molar-refractivity contribution is 0.336. The minimum absolute atomic E-state index is 0.458. The van der Waals surface area contributed by atoms with Crippen LogP contribution in [0.4, 0.5) is 0 Å². The van der Waals surface area contributed by atoms with E-state index in [2.05, 4.69) is 37.4 Å². The molecule has 2 atom stereocenters. The molecule has 0 aromatic heterocycles. The number of hydrogen-bond donors (Lipinski definition) is 1. The molecule has 18 heavy (non-hydrogen) atoms. The van der Waals surface area contributed by atoms with Crippen LogP contribution in [-0.2, 0) is 5.75 Å². The molecule has 0 amide bonds. The van der Waals surface area contributed by atoms with Gasteiger partial charge >= 0.3 is 0 Å². The maximum Gasteiger partial charge on any atom is 0.123 e. The van der Waals surface area contributed by atoms with E-state index in [1.165, 1.54) is 17.5 Å². The molecule has 0 saturated carbocycles. The third-order valence-electron chi connectivity index (χ3n) is 3.38. The predicted octanol–water partition coefficient (Wildman–Crippen LogP) is 3.76. The molecule has 1 aliphatic rings. The Morgan fingerprint density at radius 1 is 1.39 bits per heavy atom. The van der Waals surface area contributed by atoms with Crippen molar-refractivity contribution in [2.24, 2.45) is 0 Å². The Morgan fingerprint density at radius 2 is 2.22 bits per heavy atom. The summed E-state index contributed by atoms with van der Waals surface area (Å²) in [6.45, 7) is 8.39. The van der Waals surface area contributed by atoms with Crippen molar-refractivity contribution in [3.8, 4) is 5.75 Å². The average Bonchev–Trinajstić information content (AvgIpc) is 2.38. The molecule has 1 aliphatic heterocycles. The highest BCUT2D eigenvalue weighted by molar-refractivity contribution is 7.99. The fourth-order valence-corrected chi connectivity index (χ4v) is 3.63. The van der Waals surface area contributed by atoms with Gasteiger partial charge in [0.25, 0.3) is 0 Å². The van der Waals surface area contributed by atoms with E-state index in [4.69, 9.17) is 4.74 Å². The highest BCUT2D eigenvalue weighted by Crippen LogP contribution is 2.41. The summed E-state index contributed by atoms with van der Waals surface area (Å²) in [5.74, 6) is 2.13. The van der Waals surface area contributed by atoms with Crippen molar-refractivity contribution < 1.29 is 4.74 Å². The van der Waals surface area contributed by atoms with Gasteiger partial charge in [0.15, 0.2) is 0 Å². The number of ether oxygens (including phenoxy) is 1. The van der Waals surface area contributed by atoms with Crippen LogP contribution in [0.5, 0.6) is 5.75 Å². The molecule has 0 spiro atoms. The van der Waals surface area contributed by atoms with Gasteiger partial charge in [-0.1, -0.05) is 26.0 Å². The maximum absolute atomic E-state index is 5.75. The van der Waals surface area contributed by atoms with Crippen molar-refractivity contribution in [3.05, 3.63) is 29.3 Å². The topological polar surface area (TPSA) is 21.3 Å². The van der Waals surface area contributed by atoms with E-state index in [1.54, 1.807) is 0 Å². The van der Waals surface area contributed by atoms with Crippen LogP contribution < -0.4 is 10.1 Å². The minimum Gasteiger partial charge on any atom is -0.494 e. The Labute approximate surface area is 114 Å². The van der Waals surface area contributed by atoms with Crippen LogP contribution in [-0.4, -0.2) is 18.4 Å². The Hall–Kier alpha value is -0.670. The molecule has 1 aromatic rings. The second-order valence-electron chi connectivity index (χ2n) is 4.70. The summed E-state index contributed by atoms with van der Waals surface area (Å²) >= 11 is 2.02. The summed E-state index contributed by atoms with van der Waals surface area (Å²) in [4.78, 5) is 0. The van der Waals surface area contributed by atoms with Gasteiger partial charge in [-0.15, -0.1) is 0 Å². The molecule has 0 saturated heterocycles. The summed E-state index contributed by atoms with van der Waals surface area (Å²) in [7, 11) is 0. The SMILES string of the molecule is CCCNC1c2cccc(OCC)c2CSC1C. The van der Waals surface area contributed by atoms with Crippen molar-refractivity contribution in [1.82, 2.24) is 5.32 Å². The number of hydrogen-bond acceptors (Lipinski definition) is 3. The molecule has 2 unspecified atom stereocenters. The van der Waals surface area contributed by atoms with Crippen molar-refractivity contribution in [3.63, 3.8) is 0 Å². The van der Waals surface area contributed by atoms with Crippen LogP contribution in [0.1, 0.15) is 44.4 Å². The summed E-state index contributed by atoms with van der Waals surface area (Å²) in [5.41, 5.74) is 2.82. The van der Waals surface area contributed by atoms with Crippen LogP contribution in [0, 0.1) is 0 Å². The summed E-state index contributed by atoms with van der Waals surface area (Å²) < 4.78 is 5.75. The van der Waals surface area contributed by atoms with E-state index in [0.29, 0.717) is 11.3 Å². The smallest absolute Gasteiger partial charge is 0.123 e. The lowest BCUT2D eigenvalue weighted by Crippen LogP contribution is -2.32. The Morgan fingerprint density at radius 3 is 2.94 bits per heavy atom. The zero-order chi connectivity index (χ0) is 13.0. The van der Waals surface area contributed by atoms with Crippen LogP contribution in [0.15, 0.2) is 18.2 Å². The number of rotatable bonds is 5. The van der Waals surface area contributed by atoms with Crippen molar-refractivity contribution in [2.75, 3.05) is 13.2 Å². The van der Waals surface area contributed by atoms with E-state index < -0.39 is 0 Å². The second kappa shape index (κ2) is 6.48. The molecule has 100 valence electrons. The highest BCUT2D eigenvalue weighted by atomic mass is 32.2. The van der Waals surface area contributed by atoms with Gasteiger partial charge in [0.2, 0.25) is 0 Å². The average molecular weight is 265 g/mol. The first-order valence-corrected chi connectivity index (χ1v) is 7.92. The largest absolute Gasteiger partial charge is 0.494 e. The molecule has 2 nitrogen and oxygen atoms in total. The monoisotopic (exact) mass is 265 g/mol. The van der Waals surface area contributed by atoms with E-state index in [9.17, 15) is 0 Å². The fraction of sp³-hybridized carbons (Fsp3) is 0.600. The molecule has 1 aromatic carbocycles. The Balaban J connectivity index is 2.28. The van der Waals surface area contributed by atoms with Crippen LogP contribution in [0.2, 0.25) is 0 Å². The third kappa shape index (κ3) is 2.83. The number of nitrogens with one attached hydrogen (secondary N) is 1. The van der Waals surface area contributed by atoms with Crippen molar-refractivity contribution in [2.45, 2.75) is 44.2 Å². The standard InChI is InChI=1S/C15H23NOS/c1-4-9-16-15-11(3)18-10-13-12(15)7-6-8-14(13)17-5-2/h6-8,11,15-16H,4-5,9-10H2,1-3H3. The van der Waals surface area contributed by atoms with Gasteiger partial charge in [-0.25, -0.2) is 0 Å². The number of fused-ring (bicyclic) bond motifs is 1. The molecular formula is C15H23NOS. The normalized spacial score (nSPS) is 22.6. The highest BCUT2D eigenvalue weighted by Gasteiger charge is 2.28. The summed E-state index contributed by atoms with van der Waals surface area (Å²) in [6.07, 6.45) is 1.17. The van der Waals surface area contributed by atoms with Crippen LogP contribution >= 0.6 is 11.8 Å². The molecule has 0 fully saturated rings. The van der Waals surface area contributed by atoms with Gasteiger partial charge in [-0.2, -0.15) is 11.8 Å². The van der Waals surface area contributed by atoms with Crippen molar-refractivity contribution >= 4 is 11.8 Å². The van der Waals surface area contributed by atoms with Gasteiger partial charge in [0.1, 0.15) is 5.75 Å². The zero-order valence-electron chi connectivity index (χ0n) is 11.5. The lowest BCUT2D eigenvalue weighted by atomic mass is 9.97. The van der Waals surface area contributed by atoms with E-state index >= 15 is 0 Å². The van der Waals surface area contributed by atoms with Gasteiger partial charge in [0.05, 0.1) is 6.61 Å². The molecule has 2 rings (SSSR count). The minimum atomic E-state index is 0.458. The first-order chi connectivity index (χ1) is 8.77. The first kappa shape index (κ1) is 13.8. The Kier molecular flexibility index (Phi) is 4.95. The molecule has 0 radical (unpaired) electrons. The van der Waals surface area contributed by atoms with Crippen LogP contribution in [0.3, 0.4) is 0 Å². The number of benzene rings is 1. The zero-order valence-corrected chi connectivity index (χ0v) is 12.3. The number of thioether (sulfide) groups is 1. The quantitative estimate of drug-likeness (QED) is 0.876. The molecule has 0 bridgehead atoms. The molecule has 1 heterocycles. The molecule has 0 aliphatic carbocycles. The van der Waals surface area contributed by atoms with Crippen molar-refractivity contribution in [1.29, 1.82) is 0 Å². The van der Waals surface area contributed by atoms with E-state index in [0.717, 1.165) is 24.7 Å². The predicted molar refractivity (Wildman–Crippen MR) is 79.4 cm³/mol. The lowest BCUT2D eigenvalue weighted by Gasteiger charge is -2.32. The van der Waals surface area contributed by atoms with Gasteiger partial charge in [-0.05, 0) is 31.5 Å². The van der Waals surface area contributed by atoms with Gasteiger partial charge in [-0.3, -0.25) is 0 Å².